The number of hydrogen-bond donors (Lipinski definition) is 1. The molecule has 0 aliphatic carbocycles. The first-order valence-corrected chi connectivity index (χ1v) is 12.0. The maximum atomic E-state index is 13.4. The van der Waals surface area contributed by atoms with E-state index < -0.39 is 6.04 Å². The molecule has 2 heterocycles. The Hall–Kier alpha value is -3.15. The van der Waals surface area contributed by atoms with Gasteiger partial charge in [-0.05, 0) is 56.2 Å². The van der Waals surface area contributed by atoms with E-state index in [4.69, 9.17) is 0 Å². The van der Waals surface area contributed by atoms with Gasteiger partial charge in [0.2, 0.25) is 11.8 Å². The number of amides is 3. The van der Waals surface area contributed by atoms with Crippen molar-refractivity contribution in [3.05, 3.63) is 71.3 Å². The normalized spacial score (nSPS) is 17.6. The average Bonchev–Trinajstić information content (AvgIpc) is 3.38. The van der Waals surface area contributed by atoms with Crippen LogP contribution in [0.2, 0.25) is 0 Å². The van der Waals surface area contributed by atoms with Crippen molar-refractivity contribution in [1.82, 2.24) is 15.1 Å². The number of nitrogens with zero attached hydrogens (tertiary/aromatic N) is 2. The van der Waals surface area contributed by atoms with E-state index >= 15 is 0 Å². The van der Waals surface area contributed by atoms with Crippen LogP contribution in [0.1, 0.15) is 47.2 Å². The molecule has 33 heavy (non-hydrogen) atoms. The molecule has 2 saturated heterocycles. The molecule has 0 radical (unpaired) electrons. The molecule has 1 unspecified atom stereocenters. The summed E-state index contributed by atoms with van der Waals surface area (Å²) in [5.41, 5.74) is 2.59. The minimum atomic E-state index is -0.553. The second-order valence-electron chi connectivity index (χ2n) is 9.23. The second-order valence-corrected chi connectivity index (χ2v) is 9.23. The summed E-state index contributed by atoms with van der Waals surface area (Å²) in [5, 5.41) is 3.06. The minimum absolute atomic E-state index is 0.0163. The highest BCUT2D eigenvalue weighted by atomic mass is 16.2. The van der Waals surface area contributed by atoms with Gasteiger partial charge in [0.05, 0.1) is 6.42 Å². The number of benzene rings is 2. The van der Waals surface area contributed by atoms with Gasteiger partial charge in [-0.15, -0.1) is 0 Å². The summed E-state index contributed by atoms with van der Waals surface area (Å²) in [6, 6.07) is 16.7. The Morgan fingerprint density at radius 2 is 1.61 bits per heavy atom. The Balaban J connectivity index is 1.42. The zero-order valence-electron chi connectivity index (χ0n) is 19.3. The second kappa shape index (κ2) is 10.6. The summed E-state index contributed by atoms with van der Waals surface area (Å²) in [6.07, 6.45) is 3.83. The Morgan fingerprint density at radius 1 is 0.909 bits per heavy atom. The molecule has 1 N–H and O–H groups in total. The lowest BCUT2D eigenvalue weighted by molar-refractivity contribution is -0.135. The predicted octanol–water partition coefficient (Wildman–Crippen LogP) is 3.20. The van der Waals surface area contributed by atoms with Crippen LogP contribution in [0.5, 0.6) is 0 Å². The van der Waals surface area contributed by atoms with E-state index in [-0.39, 0.29) is 23.6 Å². The first kappa shape index (κ1) is 23.0. The van der Waals surface area contributed by atoms with Crippen LogP contribution in [-0.4, -0.2) is 59.7 Å². The van der Waals surface area contributed by atoms with Crippen LogP contribution in [0.3, 0.4) is 0 Å². The summed E-state index contributed by atoms with van der Waals surface area (Å²) >= 11 is 0. The van der Waals surface area contributed by atoms with Crippen molar-refractivity contribution in [3.63, 3.8) is 0 Å². The molecule has 0 saturated carbocycles. The van der Waals surface area contributed by atoms with Crippen molar-refractivity contribution in [2.45, 2.75) is 45.1 Å². The third-order valence-corrected chi connectivity index (χ3v) is 6.81. The molecule has 1 atom stereocenters. The Morgan fingerprint density at radius 3 is 2.27 bits per heavy atom. The fourth-order valence-electron chi connectivity index (χ4n) is 4.89. The number of piperidine rings is 1. The van der Waals surface area contributed by atoms with E-state index in [2.05, 4.69) is 5.32 Å². The van der Waals surface area contributed by atoms with Crippen LogP contribution in [0.25, 0.3) is 0 Å². The molecule has 2 aromatic carbocycles. The van der Waals surface area contributed by atoms with Gasteiger partial charge in [-0.3, -0.25) is 14.4 Å². The van der Waals surface area contributed by atoms with Crippen molar-refractivity contribution in [1.29, 1.82) is 0 Å². The SMILES string of the molecule is Cc1cccc(C(=O)NC(C(=O)N2CCCC2)C2CCN(C(=O)Cc3ccccc3)CC2)c1. The number of nitrogens with one attached hydrogen (secondary N) is 1. The highest BCUT2D eigenvalue weighted by molar-refractivity contribution is 5.97. The highest BCUT2D eigenvalue weighted by Gasteiger charge is 2.36. The van der Waals surface area contributed by atoms with Crippen LogP contribution < -0.4 is 5.32 Å². The molecule has 0 aromatic heterocycles. The summed E-state index contributed by atoms with van der Waals surface area (Å²) in [7, 11) is 0. The van der Waals surface area contributed by atoms with Gasteiger partial charge in [-0.1, -0.05) is 48.0 Å². The van der Waals surface area contributed by atoms with E-state index in [1.54, 1.807) is 6.07 Å². The van der Waals surface area contributed by atoms with E-state index in [0.29, 0.717) is 37.9 Å². The van der Waals surface area contributed by atoms with Gasteiger partial charge in [0.1, 0.15) is 6.04 Å². The zero-order valence-corrected chi connectivity index (χ0v) is 19.3. The van der Waals surface area contributed by atoms with Gasteiger partial charge >= 0.3 is 0 Å². The number of carbonyl (C=O) groups excluding carboxylic acids is 3. The number of carbonyl (C=O) groups is 3. The van der Waals surface area contributed by atoms with Gasteiger partial charge in [-0.2, -0.15) is 0 Å². The van der Waals surface area contributed by atoms with Gasteiger partial charge in [-0.25, -0.2) is 0 Å². The molecule has 6 heteroatoms. The monoisotopic (exact) mass is 447 g/mol. The summed E-state index contributed by atoms with van der Waals surface area (Å²) in [5.74, 6) is -0.0557. The molecule has 3 amide bonds. The van der Waals surface area contributed by atoms with Crippen LogP contribution in [0, 0.1) is 12.8 Å². The molecule has 0 spiro atoms. The number of likely N-dealkylation sites (tertiary alicyclic amines) is 2. The van der Waals surface area contributed by atoms with Crippen molar-refractivity contribution in [2.24, 2.45) is 5.92 Å². The largest absolute Gasteiger partial charge is 0.342 e. The molecule has 2 aliphatic heterocycles. The third kappa shape index (κ3) is 5.81. The van der Waals surface area contributed by atoms with Crippen molar-refractivity contribution in [3.8, 4) is 0 Å². The van der Waals surface area contributed by atoms with Crippen molar-refractivity contribution >= 4 is 17.7 Å². The first-order valence-electron chi connectivity index (χ1n) is 12.0. The minimum Gasteiger partial charge on any atom is -0.342 e. The predicted molar refractivity (Wildman–Crippen MR) is 128 cm³/mol. The molecule has 6 nitrogen and oxygen atoms in total. The van der Waals surface area contributed by atoms with Crippen LogP contribution in [0.4, 0.5) is 0 Å². The zero-order chi connectivity index (χ0) is 23.2. The smallest absolute Gasteiger partial charge is 0.251 e. The van der Waals surface area contributed by atoms with Crippen molar-refractivity contribution in [2.75, 3.05) is 26.2 Å². The van der Waals surface area contributed by atoms with Crippen LogP contribution in [0.15, 0.2) is 54.6 Å². The number of aryl methyl sites for hydroxylation is 1. The van der Waals surface area contributed by atoms with Gasteiger partial charge in [0.25, 0.3) is 5.91 Å². The van der Waals surface area contributed by atoms with E-state index in [0.717, 1.165) is 37.1 Å². The molecule has 174 valence electrons. The lowest BCUT2D eigenvalue weighted by Crippen LogP contribution is -2.54. The maximum Gasteiger partial charge on any atom is 0.251 e. The van der Waals surface area contributed by atoms with Gasteiger partial charge < -0.3 is 15.1 Å². The Labute approximate surface area is 196 Å². The summed E-state index contributed by atoms with van der Waals surface area (Å²) < 4.78 is 0. The first-order chi connectivity index (χ1) is 16.0. The quantitative estimate of drug-likeness (QED) is 0.739. The van der Waals surface area contributed by atoms with E-state index in [1.807, 2.05) is 65.3 Å². The molecule has 4 rings (SSSR count). The summed E-state index contributed by atoms with van der Waals surface area (Å²) in [4.78, 5) is 42.9. The topological polar surface area (TPSA) is 69.7 Å². The number of rotatable bonds is 6. The molecule has 2 aliphatic rings. The molecular formula is C27H33N3O3. The number of hydrogen-bond acceptors (Lipinski definition) is 3. The standard InChI is InChI=1S/C27H33N3O3/c1-20-8-7-11-23(18-20)26(32)28-25(27(33)30-14-5-6-15-30)22-12-16-29(17-13-22)24(31)19-21-9-3-2-4-10-21/h2-4,7-11,18,22,25H,5-6,12-17,19H2,1H3,(H,28,32). The van der Waals surface area contributed by atoms with Crippen LogP contribution in [-0.2, 0) is 16.0 Å². The molecule has 2 aromatic rings. The maximum absolute atomic E-state index is 13.4. The van der Waals surface area contributed by atoms with E-state index in [1.165, 1.54) is 0 Å². The van der Waals surface area contributed by atoms with Gasteiger partial charge in [0.15, 0.2) is 0 Å². The molecular weight excluding hydrogens is 414 g/mol. The molecule has 2 fully saturated rings. The van der Waals surface area contributed by atoms with Gasteiger partial charge in [0, 0.05) is 31.7 Å². The Kier molecular flexibility index (Phi) is 7.43. The molecule has 0 bridgehead atoms. The Bertz CT molecular complexity index is 977. The average molecular weight is 448 g/mol. The lowest BCUT2D eigenvalue weighted by atomic mass is 9.88. The third-order valence-electron chi connectivity index (χ3n) is 6.81. The summed E-state index contributed by atoms with van der Waals surface area (Å²) in [6.45, 7) is 4.68. The fourth-order valence-corrected chi connectivity index (χ4v) is 4.89. The highest BCUT2D eigenvalue weighted by Crippen LogP contribution is 2.24. The van der Waals surface area contributed by atoms with E-state index in [9.17, 15) is 14.4 Å². The van der Waals surface area contributed by atoms with Crippen LogP contribution >= 0.6 is 0 Å². The van der Waals surface area contributed by atoms with Crippen molar-refractivity contribution < 1.29 is 14.4 Å². The fraction of sp³-hybridized carbons (Fsp3) is 0.444. The lowest BCUT2D eigenvalue weighted by Gasteiger charge is -2.37.